The molecule has 7 heteroatoms. The molecular formula is C22H24FN5O. The number of para-hydroxylation sites is 1. The minimum atomic E-state index is -0.835. The second kappa shape index (κ2) is 8.84. The summed E-state index contributed by atoms with van der Waals surface area (Å²) < 4.78 is 14.3. The van der Waals surface area contributed by atoms with E-state index in [0.29, 0.717) is 5.56 Å². The number of H-pyrrole nitrogens is 1. The first kappa shape index (κ1) is 20.5. The number of rotatable bonds is 7. The highest BCUT2D eigenvalue weighted by Gasteiger charge is 2.25. The van der Waals surface area contributed by atoms with Gasteiger partial charge in [0.1, 0.15) is 5.82 Å². The lowest BCUT2D eigenvalue weighted by Crippen LogP contribution is -2.46. The summed E-state index contributed by atoms with van der Waals surface area (Å²) in [6.45, 7) is 3.77. The predicted molar refractivity (Wildman–Crippen MR) is 109 cm³/mol. The van der Waals surface area contributed by atoms with E-state index < -0.39 is 12.0 Å². The number of hydrogen-bond acceptors (Lipinski definition) is 4. The Morgan fingerprint density at radius 1 is 1.34 bits per heavy atom. The van der Waals surface area contributed by atoms with Gasteiger partial charge in [0, 0.05) is 36.2 Å². The quantitative estimate of drug-likeness (QED) is 0.644. The Morgan fingerprint density at radius 2 is 2.10 bits per heavy atom. The molecule has 1 amide bonds. The van der Waals surface area contributed by atoms with Crippen molar-refractivity contribution in [3.8, 4) is 6.07 Å². The Hall–Kier alpha value is -3.24. The summed E-state index contributed by atoms with van der Waals surface area (Å²) in [4.78, 5) is 14.5. The minimum Gasteiger partial charge on any atom is -0.336 e. The van der Waals surface area contributed by atoms with Gasteiger partial charge in [-0.15, -0.1) is 0 Å². The normalized spacial score (nSPS) is 13.1. The number of nitrogens with two attached hydrogens (primary N) is 1. The summed E-state index contributed by atoms with van der Waals surface area (Å²) in [5.41, 5.74) is 9.00. The maximum absolute atomic E-state index is 14.3. The third kappa shape index (κ3) is 4.79. The second-order valence-corrected chi connectivity index (χ2v) is 7.37. The third-order valence-electron chi connectivity index (χ3n) is 4.88. The number of carbonyl (C=O) groups excluding carboxylic acids is 1. The molecule has 0 aliphatic carbocycles. The zero-order valence-corrected chi connectivity index (χ0v) is 16.5. The fourth-order valence-electron chi connectivity index (χ4n) is 3.30. The number of hydrogen-bond donors (Lipinski definition) is 2. The molecule has 2 unspecified atom stereocenters. The van der Waals surface area contributed by atoms with Crippen LogP contribution in [0.3, 0.4) is 0 Å². The smallest absolute Gasteiger partial charge is 0.240 e. The minimum absolute atomic E-state index is 0.0639. The number of carbonyl (C=O) groups is 1. The van der Waals surface area contributed by atoms with Gasteiger partial charge >= 0.3 is 0 Å². The van der Waals surface area contributed by atoms with Crippen LogP contribution in [0, 0.1) is 30.0 Å². The van der Waals surface area contributed by atoms with Crippen LogP contribution in [0.5, 0.6) is 0 Å². The standard InChI is InChI=1S/C22H24FN5O/c1-14-7-8-16(18(23)9-14)13-28(12-15(2)11-24)22(29)19(25)10-21-17-5-3-4-6-20(17)26-27-21/h3-9,15,19H,10,12-13,25H2,1-2H3,(H,26,27). The Kier molecular flexibility index (Phi) is 6.25. The molecule has 6 nitrogen and oxygen atoms in total. The van der Waals surface area contributed by atoms with E-state index in [1.54, 1.807) is 26.0 Å². The molecule has 0 fully saturated rings. The molecule has 2 atom stereocenters. The van der Waals surface area contributed by atoms with E-state index in [9.17, 15) is 14.4 Å². The van der Waals surface area contributed by atoms with E-state index >= 15 is 0 Å². The van der Waals surface area contributed by atoms with Crippen molar-refractivity contribution < 1.29 is 9.18 Å². The van der Waals surface area contributed by atoms with Crippen molar-refractivity contribution in [1.29, 1.82) is 5.26 Å². The van der Waals surface area contributed by atoms with Gasteiger partial charge in [-0.1, -0.05) is 30.3 Å². The Balaban J connectivity index is 1.80. The molecule has 0 aliphatic heterocycles. The number of halogens is 1. The van der Waals surface area contributed by atoms with Crippen LogP contribution in [-0.4, -0.2) is 33.6 Å². The largest absolute Gasteiger partial charge is 0.336 e. The van der Waals surface area contributed by atoms with E-state index in [4.69, 9.17) is 5.73 Å². The van der Waals surface area contributed by atoms with Crippen molar-refractivity contribution in [3.63, 3.8) is 0 Å². The number of nitrogens with one attached hydrogen (secondary N) is 1. The maximum atomic E-state index is 14.3. The number of fused-ring (bicyclic) bond motifs is 1. The molecule has 0 saturated heterocycles. The molecule has 3 N–H and O–H groups in total. The second-order valence-electron chi connectivity index (χ2n) is 7.37. The maximum Gasteiger partial charge on any atom is 0.240 e. The average Bonchev–Trinajstić information content (AvgIpc) is 3.11. The van der Waals surface area contributed by atoms with E-state index in [-0.39, 0.29) is 31.2 Å². The van der Waals surface area contributed by atoms with Gasteiger partial charge in [-0.3, -0.25) is 9.89 Å². The number of aromatic amines is 1. The predicted octanol–water partition coefficient (Wildman–Crippen LogP) is 3.07. The molecule has 29 heavy (non-hydrogen) atoms. The van der Waals surface area contributed by atoms with Crippen LogP contribution < -0.4 is 5.73 Å². The SMILES string of the molecule is Cc1ccc(CN(CC(C)C#N)C(=O)C(N)Cc2[nH]nc3ccccc23)c(F)c1. The van der Waals surface area contributed by atoms with Crippen molar-refractivity contribution >= 4 is 16.8 Å². The summed E-state index contributed by atoms with van der Waals surface area (Å²) in [5.74, 6) is -1.10. The van der Waals surface area contributed by atoms with Crippen LogP contribution in [0.4, 0.5) is 4.39 Å². The highest BCUT2D eigenvalue weighted by Crippen LogP contribution is 2.18. The molecule has 0 bridgehead atoms. The van der Waals surface area contributed by atoms with Crippen LogP contribution in [0.25, 0.3) is 10.9 Å². The zero-order chi connectivity index (χ0) is 21.0. The van der Waals surface area contributed by atoms with Crippen molar-refractivity contribution in [3.05, 3.63) is 65.1 Å². The van der Waals surface area contributed by atoms with E-state index in [1.165, 1.54) is 11.0 Å². The van der Waals surface area contributed by atoms with Crippen LogP contribution in [0.15, 0.2) is 42.5 Å². The first-order valence-corrected chi connectivity index (χ1v) is 9.50. The van der Waals surface area contributed by atoms with E-state index in [2.05, 4.69) is 16.3 Å². The van der Waals surface area contributed by atoms with E-state index in [0.717, 1.165) is 22.2 Å². The average molecular weight is 393 g/mol. The van der Waals surface area contributed by atoms with Gasteiger partial charge in [0.25, 0.3) is 0 Å². The van der Waals surface area contributed by atoms with Gasteiger partial charge in [-0.05, 0) is 31.5 Å². The summed E-state index contributed by atoms with van der Waals surface area (Å²) in [6.07, 6.45) is 0.271. The lowest BCUT2D eigenvalue weighted by molar-refractivity contribution is -0.133. The third-order valence-corrected chi connectivity index (χ3v) is 4.88. The fourth-order valence-corrected chi connectivity index (χ4v) is 3.30. The number of nitriles is 1. The summed E-state index contributed by atoms with van der Waals surface area (Å²) in [7, 11) is 0. The first-order valence-electron chi connectivity index (χ1n) is 9.50. The molecule has 3 aromatic rings. The van der Waals surface area contributed by atoms with Crippen LogP contribution >= 0.6 is 0 Å². The number of amides is 1. The summed E-state index contributed by atoms with van der Waals surface area (Å²) in [6, 6.07) is 13.8. The molecule has 1 heterocycles. The zero-order valence-electron chi connectivity index (χ0n) is 16.5. The van der Waals surface area contributed by atoms with Gasteiger partial charge in [0.05, 0.1) is 23.5 Å². The van der Waals surface area contributed by atoms with Gasteiger partial charge in [0.2, 0.25) is 5.91 Å². The molecule has 0 aliphatic rings. The molecule has 0 radical (unpaired) electrons. The molecule has 2 aromatic carbocycles. The highest BCUT2D eigenvalue weighted by atomic mass is 19.1. The molecule has 0 saturated carbocycles. The molecule has 3 rings (SSSR count). The highest BCUT2D eigenvalue weighted by molar-refractivity contribution is 5.85. The Bertz CT molecular complexity index is 1050. The van der Waals surface area contributed by atoms with Gasteiger partial charge in [-0.25, -0.2) is 4.39 Å². The number of aryl methyl sites for hydroxylation is 1. The number of aromatic nitrogens is 2. The lowest BCUT2D eigenvalue weighted by Gasteiger charge is -2.27. The topological polar surface area (TPSA) is 98.8 Å². The van der Waals surface area contributed by atoms with Crippen molar-refractivity contribution in [2.45, 2.75) is 32.9 Å². The van der Waals surface area contributed by atoms with Crippen LogP contribution in [0.2, 0.25) is 0 Å². The monoisotopic (exact) mass is 393 g/mol. The Morgan fingerprint density at radius 3 is 2.83 bits per heavy atom. The van der Waals surface area contributed by atoms with Crippen LogP contribution in [-0.2, 0) is 17.8 Å². The first-order chi connectivity index (χ1) is 13.9. The summed E-state index contributed by atoms with van der Waals surface area (Å²) in [5, 5.41) is 17.3. The van der Waals surface area contributed by atoms with E-state index in [1.807, 2.05) is 24.3 Å². The molecular weight excluding hydrogens is 369 g/mol. The van der Waals surface area contributed by atoms with Crippen molar-refractivity contribution in [1.82, 2.24) is 15.1 Å². The van der Waals surface area contributed by atoms with Gasteiger partial charge in [-0.2, -0.15) is 10.4 Å². The van der Waals surface area contributed by atoms with Crippen molar-refractivity contribution in [2.24, 2.45) is 11.7 Å². The van der Waals surface area contributed by atoms with Crippen molar-refractivity contribution in [2.75, 3.05) is 6.54 Å². The molecule has 1 aromatic heterocycles. The summed E-state index contributed by atoms with van der Waals surface area (Å²) >= 11 is 0. The number of nitrogens with zero attached hydrogens (tertiary/aromatic N) is 3. The molecule has 150 valence electrons. The lowest BCUT2D eigenvalue weighted by atomic mass is 10.1. The van der Waals surface area contributed by atoms with Crippen LogP contribution in [0.1, 0.15) is 23.7 Å². The fraction of sp³-hybridized carbons (Fsp3) is 0.318. The Labute approximate surface area is 169 Å². The number of benzene rings is 2. The molecule has 0 spiro atoms. The van der Waals surface area contributed by atoms with Gasteiger partial charge in [0.15, 0.2) is 0 Å². The van der Waals surface area contributed by atoms with Gasteiger partial charge < -0.3 is 10.6 Å².